The number of likely N-dealkylation sites (tertiary alicyclic amines) is 1. The van der Waals surface area contributed by atoms with Crippen LogP contribution in [0.1, 0.15) is 30.9 Å². The van der Waals surface area contributed by atoms with Crippen molar-refractivity contribution in [3.05, 3.63) is 29.8 Å². The Hall–Kier alpha value is -1.75. The van der Waals surface area contributed by atoms with Gasteiger partial charge in [-0.2, -0.15) is 0 Å². The van der Waals surface area contributed by atoms with Crippen molar-refractivity contribution in [1.82, 2.24) is 4.90 Å². The molecule has 1 aromatic rings. The molecule has 0 aromatic heterocycles. The average Bonchev–Trinajstić information content (AvgIpc) is 2.99. The van der Waals surface area contributed by atoms with Crippen LogP contribution in [-0.2, 0) is 14.3 Å². The van der Waals surface area contributed by atoms with Gasteiger partial charge in [0.05, 0.1) is 19.1 Å². The van der Waals surface area contributed by atoms with Gasteiger partial charge in [0.1, 0.15) is 5.75 Å². The SMILES string of the molecule is COC(=O)[C@@]1(Cl)C[C@@H]1C(=O)N1CCCC1c1ccc(O)cc1. The second-order valence-electron chi connectivity index (χ2n) is 5.89. The van der Waals surface area contributed by atoms with E-state index in [2.05, 4.69) is 4.74 Å². The van der Waals surface area contributed by atoms with Crippen LogP contribution in [0.5, 0.6) is 5.75 Å². The summed E-state index contributed by atoms with van der Waals surface area (Å²) in [5.74, 6) is -0.921. The number of rotatable bonds is 3. The molecule has 1 amide bonds. The van der Waals surface area contributed by atoms with Gasteiger partial charge in [-0.1, -0.05) is 12.1 Å². The van der Waals surface area contributed by atoms with Crippen molar-refractivity contribution in [3.63, 3.8) is 0 Å². The van der Waals surface area contributed by atoms with Crippen molar-refractivity contribution in [2.24, 2.45) is 5.92 Å². The summed E-state index contributed by atoms with van der Waals surface area (Å²) < 4.78 is 4.68. The molecule has 1 heterocycles. The fourth-order valence-corrected chi connectivity index (χ4v) is 3.51. The Labute approximate surface area is 133 Å². The van der Waals surface area contributed by atoms with Crippen LogP contribution >= 0.6 is 11.6 Å². The minimum atomic E-state index is -1.19. The van der Waals surface area contributed by atoms with E-state index in [0.29, 0.717) is 13.0 Å². The molecule has 2 fully saturated rings. The summed E-state index contributed by atoms with van der Waals surface area (Å²) in [5.41, 5.74) is 0.988. The average molecular weight is 324 g/mol. The minimum Gasteiger partial charge on any atom is -0.508 e. The van der Waals surface area contributed by atoms with Crippen molar-refractivity contribution in [1.29, 1.82) is 0 Å². The molecular formula is C16H18ClNO4. The Balaban J connectivity index is 1.75. The maximum atomic E-state index is 12.7. The van der Waals surface area contributed by atoms with Gasteiger partial charge in [-0.15, -0.1) is 11.6 Å². The van der Waals surface area contributed by atoms with Crippen LogP contribution < -0.4 is 0 Å². The van der Waals surface area contributed by atoms with E-state index < -0.39 is 16.8 Å². The third-order valence-corrected chi connectivity index (χ3v) is 5.10. The largest absolute Gasteiger partial charge is 0.508 e. The monoisotopic (exact) mass is 323 g/mol. The number of phenolic OH excluding ortho intramolecular Hbond substituents is 1. The molecular weight excluding hydrogens is 306 g/mol. The molecule has 1 aromatic carbocycles. The molecule has 3 atom stereocenters. The first-order valence-electron chi connectivity index (χ1n) is 7.34. The standard InChI is InChI=1S/C16H18ClNO4/c1-22-15(21)16(17)9-12(16)14(20)18-8-2-3-13(18)10-4-6-11(19)7-5-10/h4-7,12-13,19H,2-3,8-9H2,1H3/t12-,13?,16-/m1/s1. The summed E-state index contributed by atoms with van der Waals surface area (Å²) in [6.07, 6.45) is 2.12. The highest BCUT2D eigenvalue weighted by atomic mass is 35.5. The molecule has 118 valence electrons. The van der Waals surface area contributed by atoms with Crippen molar-refractivity contribution in [2.75, 3.05) is 13.7 Å². The van der Waals surface area contributed by atoms with Gasteiger partial charge in [0.25, 0.3) is 0 Å². The molecule has 22 heavy (non-hydrogen) atoms. The lowest BCUT2D eigenvalue weighted by Gasteiger charge is -2.25. The molecule has 1 aliphatic carbocycles. The second-order valence-corrected chi connectivity index (χ2v) is 6.57. The van der Waals surface area contributed by atoms with Crippen LogP contribution in [0.15, 0.2) is 24.3 Å². The fraction of sp³-hybridized carbons (Fsp3) is 0.500. The Morgan fingerprint density at radius 1 is 1.36 bits per heavy atom. The summed E-state index contributed by atoms with van der Waals surface area (Å²) >= 11 is 6.19. The number of halogens is 1. The van der Waals surface area contributed by atoms with E-state index >= 15 is 0 Å². The number of phenols is 1. The van der Waals surface area contributed by atoms with E-state index in [1.165, 1.54) is 7.11 Å². The molecule has 1 unspecified atom stereocenters. The van der Waals surface area contributed by atoms with E-state index in [1.54, 1.807) is 17.0 Å². The van der Waals surface area contributed by atoms with Crippen LogP contribution in [0.25, 0.3) is 0 Å². The molecule has 0 radical (unpaired) electrons. The van der Waals surface area contributed by atoms with E-state index in [-0.39, 0.29) is 17.7 Å². The number of methoxy groups -OCH3 is 1. The van der Waals surface area contributed by atoms with Gasteiger partial charge >= 0.3 is 5.97 Å². The first kappa shape index (κ1) is 15.2. The van der Waals surface area contributed by atoms with Crippen LogP contribution in [0.3, 0.4) is 0 Å². The highest BCUT2D eigenvalue weighted by Crippen LogP contribution is 2.52. The van der Waals surface area contributed by atoms with Gasteiger partial charge in [0.2, 0.25) is 5.91 Å². The molecule has 0 spiro atoms. The van der Waals surface area contributed by atoms with Gasteiger partial charge in [-0.05, 0) is 37.0 Å². The predicted octanol–water partition coefficient (Wildman–Crippen LogP) is 2.23. The third kappa shape index (κ3) is 2.43. The number of amides is 1. The summed E-state index contributed by atoms with van der Waals surface area (Å²) in [5, 5.41) is 9.38. The maximum Gasteiger partial charge on any atom is 0.327 e. The first-order chi connectivity index (χ1) is 10.5. The van der Waals surface area contributed by atoms with Gasteiger partial charge in [-0.25, -0.2) is 0 Å². The zero-order valence-corrected chi connectivity index (χ0v) is 13.0. The van der Waals surface area contributed by atoms with Crippen LogP contribution in [0, 0.1) is 5.92 Å². The number of carbonyl (C=O) groups excluding carboxylic acids is 2. The topological polar surface area (TPSA) is 66.8 Å². The number of esters is 1. The summed E-state index contributed by atoms with van der Waals surface area (Å²) in [7, 11) is 1.28. The normalized spacial score (nSPS) is 30.2. The summed E-state index contributed by atoms with van der Waals surface area (Å²) in [4.78, 5) is 24.9. The van der Waals surface area contributed by atoms with Crippen molar-refractivity contribution in [2.45, 2.75) is 30.2 Å². The smallest absolute Gasteiger partial charge is 0.327 e. The molecule has 6 heteroatoms. The zero-order valence-electron chi connectivity index (χ0n) is 12.3. The molecule has 1 saturated carbocycles. The fourth-order valence-electron chi connectivity index (χ4n) is 3.19. The van der Waals surface area contributed by atoms with Crippen molar-refractivity contribution >= 4 is 23.5 Å². The molecule has 3 rings (SSSR count). The molecule has 1 N–H and O–H groups in total. The van der Waals surface area contributed by atoms with Gasteiger partial charge in [-0.3, -0.25) is 9.59 Å². The highest BCUT2D eigenvalue weighted by molar-refractivity contribution is 6.38. The molecule has 2 aliphatic rings. The highest BCUT2D eigenvalue weighted by Gasteiger charge is 2.65. The second kappa shape index (κ2) is 5.47. The van der Waals surface area contributed by atoms with Crippen molar-refractivity contribution in [3.8, 4) is 5.75 Å². The van der Waals surface area contributed by atoms with E-state index in [4.69, 9.17) is 11.6 Å². The number of hydrogen-bond donors (Lipinski definition) is 1. The van der Waals surface area contributed by atoms with Crippen LogP contribution in [-0.4, -0.2) is 40.4 Å². The number of aromatic hydroxyl groups is 1. The molecule has 0 bridgehead atoms. The first-order valence-corrected chi connectivity index (χ1v) is 7.72. The summed E-state index contributed by atoms with van der Waals surface area (Å²) in [6, 6.07) is 6.87. The maximum absolute atomic E-state index is 12.7. The van der Waals surface area contributed by atoms with Crippen LogP contribution in [0.4, 0.5) is 0 Å². The lowest BCUT2D eigenvalue weighted by atomic mass is 10.0. The van der Waals surface area contributed by atoms with E-state index in [0.717, 1.165) is 18.4 Å². The quantitative estimate of drug-likeness (QED) is 0.684. The lowest BCUT2D eigenvalue weighted by Crippen LogP contribution is -2.35. The predicted molar refractivity (Wildman–Crippen MR) is 80.5 cm³/mol. The number of carbonyl (C=O) groups is 2. The zero-order chi connectivity index (χ0) is 15.9. The Bertz CT molecular complexity index is 603. The molecule has 1 saturated heterocycles. The Kier molecular flexibility index (Phi) is 3.77. The van der Waals surface area contributed by atoms with Gasteiger partial charge < -0.3 is 14.7 Å². The van der Waals surface area contributed by atoms with Gasteiger partial charge in [0.15, 0.2) is 4.87 Å². The Morgan fingerprint density at radius 2 is 2.05 bits per heavy atom. The number of ether oxygens (including phenoxy) is 1. The number of alkyl halides is 1. The Morgan fingerprint density at radius 3 is 2.68 bits per heavy atom. The number of benzene rings is 1. The lowest BCUT2D eigenvalue weighted by molar-refractivity contribution is -0.143. The van der Waals surface area contributed by atoms with Crippen LogP contribution in [0.2, 0.25) is 0 Å². The summed E-state index contributed by atoms with van der Waals surface area (Å²) in [6.45, 7) is 0.662. The molecule has 5 nitrogen and oxygen atoms in total. The molecule has 1 aliphatic heterocycles. The number of hydrogen-bond acceptors (Lipinski definition) is 4. The van der Waals surface area contributed by atoms with Crippen molar-refractivity contribution < 1.29 is 19.4 Å². The van der Waals surface area contributed by atoms with E-state index in [1.807, 2.05) is 12.1 Å². The third-order valence-electron chi connectivity index (χ3n) is 4.53. The van der Waals surface area contributed by atoms with Gasteiger partial charge in [0, 0.05) is 6.54 Å². The minimum absolute atomic E-state index is 0.0211. The number of nitrogens with zero attached hydrogens (tertiary/aromatic N) is 1. The van der Waals surface area contributed by atoms with E-state index in [9.17, 15) is 14.7 Å².